The van der Waals surface area contributed by atoms with Gasteiger partial charge in [-0.3, -0.25) is 0 Å². The highest BCUT2D eigenvalue weighted by atomic mass is 16.7. The minimum Gasteiger partial charge on any atom is -0.403 e. The molecule has 4 aliphatic rings. The standard InChI is InChI=1S/C25H33BN2O2/c1-24(2)25(3,4)30-26(29-24)19-16-14-18(15-17-19)23-27-21-12-8-9-13-22(21)28(23)20-10-6-5-7-11-20/h5-7,10-11,14-16,19,23,27H,8-9,12-13,17H2,1-4H3/t19-,23-/m1/s1. The summed E-state index contributed by atoms with van der Waals surface area (Å²) in [4.78, 5) is 2.51. The Bertz CT molecular complexity index is 887. The Balaban J connectivity index is 1.36. The molecule has 1 N–H and O–H groups in total. The summed E-state index contributed by atoms with van der Waals surface area (Å²) in [6, 6.07) is 10.8. The summed E-state index contributed by atoms with van der Waals surface area (Å²) in [6.07, 6.45) is 12.9. The maximum Gasteiger partial charge on any atom is 0.465 e. The second-order valence-corrected chi connectivity index (χ2v) is 9.97. The van der Waals surface area contributed by atoms with Gasteiger partial charge in [-0.25, -0.2) is 0 Å². The molecule has 4 nitrogen and oxygen atoms in total. The minimum absolute atomic E-state index is 0.172. The third kappa shape index (κ3) is 3.32. The molecule has 2 aliphatic carbocycles. The summed E-state index contributed by atoms with van der Waals surface area (Å²) in [5, 5.41) is 3.85. The number of anilines is 1. The normalized spacial score (nSPS) is 29.7. The van der Waals surface area contributed by atoms with Crippen LogP contribution in [0.15, 0.2) is 65.5 Å². The topological polar surface area (TPSA) is 33.7 Å². The highest BCUT2D eigenvalue weighted by molar-refractivity contribution is 6.48. The highest BCUT2D eigenvalue weighted by Gasteiger charge is 2.53. The number of hydrogen-bond donors (Lipinski definition) is 1. The Labute approximate surface area is 181 Å². The quantitative estimate of drug-likeness (QED) is 0.669. The van der Waals surface area contributed by atoms with Crippen LogP contribution in [0.3, 0.4) is 0 Å². The van der Waals surface area contributed by atoms with Crippen molar-refractivity contribution in [2.75, 3.05) is 4.90 Å². The number of hydrogen-bond acceptors (Lipinski definition) is 4. The molecule has 1 aromatic carbocycles. The molecule has 30 heavy (non-hydrogen) atoms. The Morgan fingerprint density at radius 2 is 1.70 bits per heavy atom. The van der Waals surface area contributed by atoms with E-state index >= 15 is 0 Å². The Hall–Kier alpha value is -1.98. The molecule has 0 aromatic heterocycles. The number of para-hydroxylation sites is 1. The van der Waals surface area contributed by atoms with Crippen LogP contribution in [0.5, 0.6) is 0 Å². The largest absolute Gasteiger partial charge is 0.465 e. The lowest BCUT2D eigenvalue weighted by Crippen LogP contribution is -2.41. The molecule has 5 rings (SSSR count). The molecular weight excluding hydrogens is 371 g/mol. The van der Waals surface area contributed by atoms with Gasteiger partial charge >= 0.3 is 7.12 Å². The van der Waals surface area contributed by atoms with Crippen LogP contribution in [-0.2, 0) is 9.31 Å². The van der Waals surface area contributed by atoms with Crippen molar-refractivity contribution < 1.29 is 9.31 Å². The van der Waals surface area contributed by atoms with Crippen molar-refractivity contribution >= 4 is 12.8 Å². The van der Waals surface area contributed by atoms with Gasteiger partial charge in [0.05, 0.1) is 11.2 Å². The molecule has 158 valence electrons. The predicted molar refractivity (Wildman–Crippen MR) is 123 cm³/mol. The van der Waals surface area contributed by atoms with Gasteiger partial charge in [-0.05, 0) is 77.5 Å². The molecule has 1 saturated heterocycles. The maximum atomic E-state index is 6.29. The number of nitrogens with zero attached hydrogens (tertiary/aromatic N) is 1. The molecule has 0 saturated carbocycles. The molecule has 0 spiro atoms. The molecule has 0 unspecified atom stereocenters. The van der Waals surface area contributed by atoms with E-state index in [1.807, 2.05) is 0 Å². The van der Waals surface area contributed by atoms with Crippen molar-refractivity contribution in [3.8, 4) is 0 Å². The van der Waals surface area contributed by atoms with Crippen LogP contribution in [0, 0.1) is 0 Å². The zero-order chi connectivity index (χ0) is 20.9. The predicted octanol–water partition coefficient (Wildman–Crippen LogP) is 5.56. The van der Waals surface area contributed by atoms with Gasteiger partial charge in [-0.2, -0.15) is 0 Å². The summed E-state index contributed by atoms with van der Waals surface area (Å²) in [6.45, 7) is 8.49. The molecule has 0 bridgehead atoms. The molecule has 2 heterocycles. The molecule has 2 atom stereocenters. The van der Waals surface area contributed by atoms with E-state index in [0.29, 0.717) is 0 Å². The maximum absolute atomic E-state index is 6.29. The lowest BCUT2D eigenvalue weighted by Gasteiger charge is -2.32. The summed E-state index contributed by atoms with van der Waals surface area (Å²) in [5.41, 5.74) is 4.94. The van der Waals surface area contributed by atoms with E-state index in [9.17, 15) is 0 Å². The summed E-state index contributed by atoms with van der Waals surface area (Å²) >= 11 is 0. The Morgan fingerprint density at radius 3 is 2.37 bits per heavy atom. The zero-order valence-corrected chi connectivity index (χ0v) is 18.7. The van der Waals surface area contributed by atoms with E-state index in [4.69, 9.17) is 9.31 Å². The average molecular weight is 404 g/mol. The molecular formula is C25H33BN2O2. The smallest absolute Gasteiger partial charge is 0.403 e. The fourth-order valence-electron chi connectivity index (χ4n) is 4.94. The van der Waals surface area contributed by atoms with Crippen molar-refractivity contribution in [3.05, 3.63) is 65.5 Å². The molecule has 0 radical (unpaired) electrons. The first-order valence-electron chi connectivity index (χ1n) is 11.4. The second-order valence-electron chi connectivity index (χ2n) is 9.97. The SMILES string of the molecule is CC1(C)OB([C@@H]2C=CC([C@@H]3NC4=C(CCCC4)N3c3ccccc3)=CC2)OC1(C)C. The van der Waals surface area contributed by atoms with Crippen LogP contribution in [-0.4, -0.2) is 24.5 Å². The van der Waals surface area contributed by atoms with E-state index in [1.54, 1.807) is 0 Å². The van der Waals surface area contributed by atoms with Crippen molar-refractivity contribution in [1.82, 2.24) is 5.32 Å². The molecule has 0 amide bonds. The lowest BCUT2D eigenvalue weighted by molar-refractivity contribution is 0.00578. The number of nitrogens with one attached hydrogen (secondary N) is 1. The van der Waals surface area contributed by atoms with Gasteiger partial charge in [0.2, 0.25) is 0 Å². The van der Waals surface area contributed by atoms with Gasteiger partial charge in [0.1, 0.15) is 6.17 Å². The van der Waals surface area contributed by atoms with Gasteiger partial charge in [-0.1, -0.05) is 36.4 Å². The van der Waals surface area contributed by atoms with Crippen LogP contribution in [0.2, 0.25) is 5.82 Å². The lowest BCUT2D eigenvalue weighted by atomic mass is 9.68. The van der Waals surface area contributed by atoms with E-state index in [-0.39, 0.29) is 30.3 Å². The first kappa shape index (κ1) is 20.0. The third-order valence-electron chi connectivity index (χ3n) is 7.43. The summed E-state index contributed by atoms with van der Waals surface area (Å²) in [5.74, 6) is 0.254. The van der Waals surface area contributed by atoms with Gasteiger partial charge in [0, 0.05) is 22.9 Å². The monoisotopic (exact) mass is 404 g/mol. The first-order chi connectivity index (χ1) is 14.4. The van der Waals surface area contributed by atoms with Gasteiger partial charge in [0.25, 0.3) is 0 Å². The molecule has 2 aliphatic heterocycles. The van der Waals surface area contributed by atoms with E-state index in [0.717, 1.165) is 19.3 Å². The van der Waals surface area contributed by atoms with E-state index in [2.05, 4.69) is 86.5 Å². The van der Waals surface area contributed by atoms with E-state index < -0.39 is 0 Å². The fraction of sp³-hybridized carbons (Fsp3) is 0.520. The Kier molecular flexibility index (Phi) is 4.87. The third-order valence-corrected chi connectivity index (χ3v) is 7.43. The van der Waals surface area contributed by atoms with Crippen LogP contribution in [0.25, 0.3) is 0 Å². The van der Waals surface area contributed by atoms with Crippen molar-refractivity contribution in [1.29, 1.82) is 0 Å². The average Bonchev–Trinajstić information content (AvgIpc) is 3.23. The number of rotatable bonds is 3. The Morgan fingerprint density at radius 1 is 1.00 bits per heavy atom. The van der Waals surface area contributed by atoms with Crippen LogP contribution in [0.1, 0.15) is 59.8 Å². The molecule has 5 heteroatoms. The second kappa shape index (κ2) is 7.31. The minimum atomic E-state index is -0.282. The number of allylic oxidation sites excluding steroid dienone is 4. The highest BCUT2D eigenvalue weighted by Crippen LogP contribution is 2.43. The summed E-state index contributed by atoms with van der Waals surface area (Å²) in [7, 11) is -0.183. The zero-order valence-electron chi connectivity index (χ0n) is 18.7. The van der Waals surface area contributed by atoms with E-state index in [1.165, 1.54) is 35.5 Å². The van der Waals surface area contributed by atoms with Gasteiger partial charge in [0.15, 0.2) is 0 Å². The first-order valence-corrected chi connectivity index (χ1v) is 11.4. The van der Waals surface area contributed by atoms with Crippen molar-refractivity contribution in [2.45, 2.75) is 83.0 Å². The van der Waals surface area contributed by atoms with Gasteiger partial charge < -0.3 is 19.5 Å². The van der Waals surface area contributed by atoms with Crippen LogP contribution < -0.4 is 10.2 Å². The van der Waals surface area contributed by atoms with Crippen molar-refractivity contribution in [3.63, 3.8) is 0 Å². The van der Waals surface area contributed by atoms with Crippen LogP contribution in [0.4, 0.5) is 5.69 Å². The van der Waals surface area contributed by atoms with Crippen molar-refractivity contribution in [2.24, 2.45) is 0 Å². The van der Waals surface area contributed by atoms with Crippen LogP contribution >= 0.6 is 0 Å². The fourth-order valence-corrected chi connectivity index (χ4v) is 4.94. The molecule has 1 aromatic rings. The summed E-state index contributed by atoms with van der Waals surface area (Å²) < 4.78 is 12.6. The van der Waals surface area contributed by atoms with Gasteiger partial charge in [-0.15, -0.1) is 0 Å². The molecule has 1 fully saturated rings. The number of benzene rings is 1.